The first-order valence-electron chi connectivity index (χ1n) is 5.16. The Labute approximate surface area is 102 Å². The Hall–Kier alpha value is -1.15. The van der Waals surface area contributed by atoms with Gasteiger partial charge in [0.1, 0.15) is 11.5 Å². The lowest BCUT2D eigenvalue weighted by Crippen LogP contribution is -1.98. The Balaban J connectivity index is 3.18. The molecule has 3 heteroatoms. The summed E-state index contributed by atoms with van der Waals surface area (Å²) in [5.41, 5.74) is 1.09. The van der Waals surface area contributed by atoms with Crippen LogP contribution >= 0.6 is 11.6 Å². The van der Waals surface area contributed by atoms with Gasteiger partial charge in [-0.25, -0.2) is 0 Å². The SMILES string of the molecule is C=CCC(C)c1cc(OC)c(Cl)cc1OC. The summed E-state index contributed by atoms with van der Waals surface area (Å²) in [4.78, 5) is 0. The van der Waals surface area contributed by atoms with Crippen molar-refractivity contribution < 1.29 is 9.47 Å². The van der Waals surface area contributed by atoms with Gasteiger partial charge in [-0.15, -0.1) is 6.58 Å². The molecular weight excluding hydrogens is 224 g/mol. The van der Waals surface area contributed by atoms with E-state index in [4.69, 9.17) is 21.1 Å². The third-order valence-electron chi connectivity index (χ3n) is 2.56. The molecule has 1 aromatic carbocycles. The zero-order valence-corrected chi connectivity index (χ0v) is 10.7. The first-order chi connectivity index (χ1) is 7.63. The molecular formula is C13H17ClO2. The second-order valence-electron chi connectivity index (χ2n) is 3.65. The van der Waals surface area contributed by atoms with Crippen LogP contribution in [0.5, 0.6) is 11.5 Å². The number of hydrogen-bond acceptors (Lipinski definition) is 2. The molecule has 0 fully saturated rings. The molecule has 0 radical (unpaired) electrons. The van der Waals surface area contributed by atoms with Crippen LogP contribution in [0.1, 0.15) is 24.8 Å². The fraction of sp³-hybridized carbons (Fsp3) is 0.385. The highest BCUT2D eigenvalue weighted by atomic mass is 35.5. The molecule has 1 rings (SSSR count). The van der Waals surface area contributed by atoms with Crippen LogP contribution in [0, 0.1) is 0 Å². The molecule has 0 spiro atoms. The maximum Gasteiger partial charge on any atom is 0.138 e. The summed E-state index contributed by atoms with van der Waals surface area (Å²) in [5.74, 6) is 1.80. The molecule has 16 heavy (non-hydrogen) atoms. The molecule has 0 amide bonds. The molecule has 0 aliphatic heterocycles. The van der Waals surface area contributed by atoms with Crippen LogP contribution in [-0.4, -0.2) is 14.2 Å². The van der Waals surface area contributed by atoms with Crippen molar-refractivity contribution in [3.63, 3.8) is 0 Å². The molecule has 0 aromatic heterocycles. The van der Waals surface area contributed by atoms with Crippen molar-refractivity contribution >= 4 is 11.6 Å². The number of halogens is 1. The van der Waals surface area contributed by atoms with Crippen LogP contribution in [-0.2, 0) is 0 Å². The van der Waals surface area contributed by atoms with E-state index in [1.165, 1.54) is 0 Å². The molecule has 0 aliphatic rings. The van der Waals surface area contributed by atoms with E-state index < -0.39 is 0 Å². The van der Waals surface area contributed by atoms with Gasteiger partial charge in [-0.1, -0.05) is 24.6 Å². The van der Waals surface area contributed by atoms with Crippen molar-refractivity contribution in [3.05, 3.63) is 35.4 Å². The van der Waals surface area contributed by atoms with E-state index in [2.05, 4.69) is 13.5 Å². The monoisotopic (exact) mass is 240 g/mol. The van der Waals surface area contributed by atoms with E-state index in [0.717, 1.165) is 17.7 Å². The molecule has 0 heterocycles. The third-order valence-corrected chi connectivity index (χ3v) is 2.85. The topological polar surface area (TPSA) is 18.5 Å². The molecule has 88 valence electrons. The smallest absolute Gasteiger partial charge is 0.138 e. The minimum Gasteiger partial charge on any atom is -0.496 e. The summed E-state index contributed by atoms with van der Waals surface area (Å²) in [6, 6.07) is 3.71. The van der Waals surface area contributed by atoms with E-state index in [-0.39, 0.29) is 0 Å². The Kier molecular flexibility index (Phi) is 4.69. The van der Waals surface area contributed by atoms with Gasteiger partial charge in [0.2, 0.25) is 0 Å². The van der Waals surface area contributed by atoms with Crippen molar-refractivity contribution in [2.24, 2.45) is 0 Å². The largest absolute Gasteiger partial charge is 0.496 e. The van der Waals surface area contributed by atoms with E-state index in [0.29, 0.717) is 16.7 Å². The van der Waals surface area contributed by atoms with Crippen LogP contribution in [0.3, 0.4) is 0 Å². The van der Waals surface area contributed by atoms with Gasteiger partial charge in [-0.05, 0) is 18.4 Å². The molecule has 1 atom stereocenters. The number of ether oxygens (including phenoxy) is 2. The Morgan fingerprint density at radius 1 is 1.31 bits per heavy atom. The molecule has 0 saturated carbocycles. The Morgan fingerprint density at radius 2 is 1.94 bits per heavy atom. The predicted molar refractivity (Wildman–Crippen MR) is 67.8 cm³/mol. The fourth-order valence-electron chi connectivity index (χ4n) is 1.65. The molecule has 1 unspecified atom stereocenters. The highest BCUT2D eigenvalue weighted by molar-refractivity contribution is 6.32. The second kappa shape index (κ2) is 5.80. The summed E-state index contributed by atoms with van der Waals surface area (Å²) >= 11 is 6.04. The van der Waals surface area contributed by atoms with Gasteiger partial charge in [0.25, 0.3) is 0 Å². The van der Waals surface area contributed by atoms with Crippen LogP contribution < -0.4 is 9.47 Å². The molecule has 0 saturated heterocycles. The fourth-order valence-corrected chi connectivity index (χ4v) is 1.88. The van der Waals surface area contributed by atoms with Gasteiger partial charge in [0, 0.05) is 11.6 Å². The van der Waals surface area contributed by atoms with Crippen molar-refractivity contribution in [2.75, 3.05) is 14.2 Å². The van der Waals surface area contributed by atoms with Crippen LogP contribution in [0.4, 0.5) is 0 Å². The Bertz CT molecular complexity index is 374. The number of rotatable bonds is 5. The van der Waals surface area contributed by atoms with Crippen LogP contribution in [0.25, 0.3) is 0 Å². The van der Waals surface area contributed by atoms with Gasteiger partial charge < -0.3 is 9.47 Å². The average Bonchev–Trinajstić information content (AvgIpc) is 2.28. The van der Waals surface area contributed by atoms with Gasteiger partial charge in [-0.2, -0.15) is 0 Å². The van der Waals surface area contributed by atoms with E-state index >= 15 is 0 Å². The average molecular weight is 241 g/mol. The lowest BCUT2D eigenvalue weighted by Gasteiger charge is -2.16. The first kappa shape index (κ1) is 12.9. The van der Waals surface area contributed by atoms with Crippen LogP contribution in [0.2, 0.25) is 5.02 Å². The van der Waals surface area contributed by atoms with Gasteiger partial charge in [-0.3, -0.25) is 0 Å². The molecule has 2 nitrogen and oxygen atoms in total. The van der Waals surface area contributed by atoms with E-state index in [1.54, 1.807) is 20.3 Å². The molecule has 0 N–H and O–H groups in total. The lowest BCUT2D eigenvalue weighted by molar-refractivity contribution is 0.396. The molecule has 1 aromatic rings. The highest BCUT2D eigenvalue weighted by Crippen LogP contribution is 2.37. The van der Waals surface area contributed by atoms with Crippen molar-refractivity contribution in [2.45, 2.75) is 19.3 Å². The summed E-state index contributed by atoms with van der Waals surface area (Å²) in [7, 11) is 3.25. The Morgan fingerprint density at radius 3 is 2.44 bits per heavy atom. The maximum absolute atomic E-state index is 6.04. The molecule has 0 aliphatic carbocycles. The number of benzene rings is 1. The zero-order valence-electron chi connectivity index (χ0n) is 9.92. The lowest BCUT2D eigenvalue weighted by atomic mass is 9.96. The predicted octanol–water partition coefficient (Wildman–Crippen LogP) is 4.04. The second-order valence-corrected chi connectivity index (χ2v) is 4.06. The van der Waals surface area contributed by atoms with E-state index in [9.17, 15) is 0 Å². The first-order valence-corrected chi connectivity index (χ1v) is 5.54. The normalized spacial score (nSPS) is 12.0. The zero-order chi connectivity index (χ0) is 12.1. The minimum atomic E-state index is 0.332. The quantitative estimate of drug-likeness (QED) is 0.724. The van der Waals surface area contributed by atoms with Gasteiger partial charge in [0.05, 0.1) is 19.2 Å². The number of methoxy groups -OCH3 is 2. The van der Waals surface area contributed by atoms with Crippen molar-refractivity contribution in [1.82, 2.24) is 0 Å². The highest BCUT2D eigenvalue weighted by Gasteiger charge is 2.14. The minimum absolute atomic E-state index is 0.332. The summed E-state index contributed by atoms with van der Waals surface area (Å²) in [5, 5.41) is 0.564. The third kappa shape index (κ3) is 2.70. The maximum atomic E-state index is 6.04. The van der Waals surface area contributed by atoms with Gasteiger partial charge in [0.15, 0.2) is 0 Å². The summed E-state index contributed by atoms with van der Waals surface area (Å²) in [6.45, 7) is 5.86. The van der Waals surface area contributed by atoms with Crippen LogP contribution in [0.15, 0.2) is 24.8 Å². The van der Waals surface area contributed by atoms with Crippen molar-refractivity contribution in [1.29, 1.82) is 0 Å². The summed E-state index contributed by atoms with van der Waals surface area (Å²) < 4.78 is 10.5. The van der Waals surface area contributed by atoms with Crippen molar-refractivity contribution in [3.8, 4) is 11.5 Å². The molecule has 0 bridgehead atoms. The number of hydrogen-bond donors (Lipinski definition) is 0. The summed E-state index contributed by atoms with van der Waals surface area (Å²) in [6.07, 6.45) is 2.78. The van der Waals surface area contributed by atoms with E-state index in [1.807, 2.05) is 12.1 Å². The standard InChI is InChI=1S/C13H17ClO2/c1-5-6-9(2)10-7-13(16-4)11(14)8-12(10)15-3/h5,7-9H,1,6H2,2-4H3. The number of allylic oxidation sites excluding steroid dienone is 1. The van der Waals surface area contributed by atoms with Gasteiger partial charge >= 0.3 is 0 Å².